The summed E-state index contributed by atoms with van der Waals surface area (Å²) in [7, 11) is 2.32. The minimum absolute atomic E-state index is 0.0234. The maximum Gasteiger partial charge on any atom is 0.198 e. The van der Waals surface area contributed by atoms with Crippen molar-refractivity contribution in [1.82, 2.24) is 0 Å². The van der Waals surface area contributed by atoms with Crippen LogP contribution in [-0.4, -0.2) is 7.28 Å². The molecule has 343 valence electrons. The van der Waals surface area contributed by atoms with Gasteiger partial charge in [-0.3, -0.25) is 0 Å². The van der Waals surface area contributed by atoms with Crippen molar-refractivity contribution < 1.29 is 18.3 Å². The number of rotatable bonds is 5. The molecule has 1 aliphatic carbocycles. The number of nitrogens with one attached hydrogen (secondary N) is 1. The summed E-state index contributed by atoms with van der Waals surface area (Å²) in [5.74, 6) is 2.72. The first-order valence-electron chi connectivity index (χ1n) is 24.8. The minimum atomic E-state index is -0.0234. The number of benzene rings is 9. The Bertz CT molecular complexity index is 4050. The second kappa shape index (κ2) is 15.2. The summed E-state index contributed by atoms with van der Waals surface area (Å²) in [6, 6.07) is 57.9. The van der Waals surface area contributed by atoms with E-state index in [1.807, 2.05) is 30.3 Å². The summed E-state index contributed by atoms with van der Waals surface area (Å²) in [6.45, 7) is 14.0. The fourth-order valence-corrected chi connectivity index (χ4v) is 11.7. The average molecular weight is 922 g/mol. The summed E-state index contributed by atoms with van der Waals surface area (Å²) in [5, 5.41) is 8.20. The van der Waals surface area contributed by atoms with Gasteiger partial charge in [0.1, 0.15) is 16.7 Å². The average Bonchev–Trinajstić information content (AvgIpc) is 3.95. The van der Waals surface area contributed by atoms with Crippen molar-refractivity contribution >= 4 is 90.5 Å². The Morgan fingerprint density at radius 2 is 1.14 bits per heavy atom. The van der Waals surface area contributed by atoms with Gasteiger partial charge in [-0.05, 0) is 126 Å². The van der Waals surface area contributed by atoms with Crippen LogP contribution >= 0.6 is 0 Å². The molecule has 3 aliphatic rings. The summed E-state index contributed by atoms with van der Waals surface area (Å²) in [6.07, 6.45) is 2.24. The van der Waals surface area contributed by atoms with Crippen LogP contribution in [0.1, 0.15) is 62.8 Å². The normalized spacial score (nSPS) is 15.0. The van der Waals surface area contributed by atoms with Crippen LogP contribution in [0.25, 0.3) is 66.1 Å². The van der Waals surface area contributed by atoms with Crippen LogP contribution < -0.4 is 30.6 Å². The molecule has 11 aromatic rings. The van der Waals surface area contributed by atoms with Gasteiger partial charge in [-0.25, -0.2) is 0 Å². The maximum atomic E-state index is 7.15. The first kappa shape index (κ1) is 41.8. The Labute approximate surface area is 413 Å². The highest BCUT2D eigenvalue weighted by atomic mass is 16.6. The van der Waals surface area contributed by atoms with E-state index in [0.29, 0.717) is 23.0 Å². The van der Waals surface area contributed by atoms with Gasteiger partial charge in [0.05, 0.1) is 5.69 Å². The third-order valence-corrected chi connectivity index (χ3v) is 15.6. The van der Waals surface area contributed by atoms with Gasteiger partial charge in [-0.15, -0.1) is 0 Å². The van der Waals surface area contributed by atoms with E-state index in [1.54, 1.807) is 0 Å². The van der Waals surface area contributed by atoms with Crippen LogP contribution in [0, 0.1) is 13.8 Å². The van der Waals surface area contributed by atoms with E-state index in [4.69, 9.17) is 18.3 Å². The molecule has 7 heteroatoms. The maximum absolute atomic E-state index is 7.15. The zero-order chi connectivity index (χ0) is 47.9. The molecular formula is C64H50BN2O4. The van der Waals surface area contributed by atoms with Crippen molar-refractivity contribution in [3.05, 3.63) is 186 Å². The highest BCUT2D eigenvalue weighted by molar-refractivity contribution is 6.74. The van der Waals surface area contributed by atoms with Crippen LogP contribution in [0.5, 0.6) is 23.0 Å². The molecule has 2 aromatic heterocycles. The molecule has 0 fully saturated rings. The molecule has 0 saturated carbocycles. The monoisotopic (exact) mass is 921 g/mol. The zero-order valence-corrected chi connectivity index (χ0v) is 40.7. The summed E-state index contributed by atoms with van der Waals surface area (Å²) < 4.78 is 27.5. The van der Waals surface area contributed by atoms with Gasteiger partial charge < -0.3 is 28.5 Å². The van der Waals surface area contributed by atoms with E-state index in [-0.39, 0.29) is 10.8 Å². The van der Waals surface area contributed by atoms with Crippen molar-refractivity contribution in [2.75, 3.05) is 10.2 Å². The molecule has 0 amide bonds. The van der Waals surface area contributed by atoms with Crippen LogP contribution in [0.2, 0.25) is 0 Å². The van der Waals surface area contributed by atoms with Crippen molar-refractivity contribution in [2.24, 2.45) is 0 Å². The topological polar surface area (TPSA) is 60.0 Å². The van der Waals surface area contributed by atoms with Crippen LogP contribution in [0.15, 0.2) is 173 Å². The number of aryl methyl sites for hydroxylation is 2. The summed E-state index contributed by atoms with van der Waals surface area (Å²) in [4.78, 5) is 2.48. The number of anilines is 5. The zero-order valence-electron chi connectivity index (χ0n) is 40.7. The lowest BCUT2D eigenvalue weighted by atomic mass is 9.57. The standard InChI is InChI=1S/C64H50BN2O4/c1-36-24-27-48(43(30-36)38-16-8-7-9-17-38)66-60-42(26-25-41-39-18-10-12-20-52(39)71-62(41)60)58-59-51(32-44-40-19-11-13-21-53(40)70-61(44)58)67(49-33-46-45(31-37(49)2)63(3,4)28-29-64(46,5)6)50-35-57-56(34-47(50)65-59)68-54-22-14-15-23-55(54)69-57/h7-27,30-35,66H,28-29H2,1-6H3. The number of hydrogen-bond donors (Lipinski definition) is 1. The minimum Gasteiger partial charge on any atom is -0.455 e. The highest BCUT2D eigenvalue weighted by Gasteiger charge is 2.40. The van der Waals surface area contributed by atoms with Crippen LogP contribution in [-0.2, 0) is 10.8 Å². The number of nitrogens with zero attached hydrogens (tertiary/aromatic N) is 1. The molecule has 1 N–H and O–H groups in total. The largest absolute Gasteiger partial charge is 0.455 e. The number of furan rings is 2. The van der Waals surface area contributed by atoms with Crippen molar-refractivity contribution in [1.29, 1.82) is 0 Å². The summed E-state index contributed by atoms with van der Waals surface area (Å²) >= 11 is 0. The molecule has 9 aromatic carbocycles. The van der Waals surface area contributed by atoms with E-state index in [0.717, 1.165) is 118 Å². The quantitative estimate of drug-likeness (QED) is 0.174. The lowest BCUT2D eigenvalue weighted by molar-refractivity contribution is 0.332. The number of para-hydroxylation sites is 4. The van der Waals surface area contributed by atoms with Gasteiger partial charge in [-0.1, -0.05) is 136 Å². The molecule has 0 saturated heterocycles. The Morgan fingerprint density at radius 1 is 0.507 bits per heavy atom. The lowest BCUT2D eigenvalue weighted by Gasteiger charge is -2.44. The fourth-order valence-electron chi connectivity index (χ4n) is 11.7. The Kier molecular flexibility index (Phi) is 8.93. The van der Waals surface area contributed by atoms with Gasteiger partial charge in [-0.2, -0.15) is 0 Å². The van der Waals surface area contributed by atoms with Gasteiger partial charge in [0.2, 0.25) is 0 Å². The second-order valence-electron chi connectivity index (χ2n) is 21.1. The predicted octanol–water partition coefficient (Wildman–Crippen LogP) is 16.9. The van der Waals surface area contributed by atoms with E-state index < -0.39 is 0 Å². The molecule has 2 aliphatic heterocycles. The van der Waals surface area contributed by atoms with E-state index in [2.05, 4.69) is 192 Å². The molecule has 0 unspecified atom stereocenters. The van der Waals surface area contributed by atoms with Crippen molar-refractivity contribution in [3.8, 4) is 45.3 Å². The molecule has 14 rings (SSSR count). The van der Waals surface area contributed by atoms with Gasteiger partial charge >= 0.3 is 0 Å². The Hall–Kier alpha value is -8.16. The van der Waals surface area contributed by atoms with Gasteiger partial charge in [0.15, 0.2) is 35.9 Å². The number of hydrogen-bond acceptors (Lipinski definition) is 6. The van der Waals surface area contributed by atoms with E-state index in [1.165, 1.54) is 22.3 Å². The predicted molar refractivity (Wildman–Crippen MR) is 293 cm³/mol. The molecule has 0 atom stereocenters. The number of ether oxygens (including phenoxy) is 2. The lowest BCUT2D eigenvalue weighted by Crippen LogP contribution is -2.41. The highest BCUT2D eigenvalue weighted by Crippen LogP contribution is 2.54. The second-order valence-corrected chi connectivity index (χ2v) is 21.1. The van der Waals surface area contributed by atoms with E-state index >= 15 is 0 Å². The fraction of sp³-hybridized carbons (Fsp3) is 0.156. The third-order valence-electron chi connectivity index (χ3n) is 15.6. The number of fused-ring (bicyclic) bond motifs is 11. The first-order valence-corrected chi connectivity index (χ1v) is 24.8. The smallest absolute Gasteiger partial charge is 0.198 e. The molecule has 0 bridgehead atoms. The Balaban J connectivity index is 1.09. The Morgan fingerprint density at radius 3 is 1.87 bits per heavy atom. The van der Waals surface area contributed by atoms with Gasteiger partial charge in [0.25, 0.3) is 0 Å². The molecule has 0 spiro atoms. The van der Waals surface area contributed by atoms with Crippen molar-refractivity contribution in [3.63, 3.8) is 0 Å². The molecular weight excluding hydrogens is 872 g/mol. The van der Waals surface area contributed by atoms with Gasteiger partial charge in [0, 0.05) is 67.1 Å². The molecule has 6 nitrogen and oxygen atoms in total. The molecule has 71 heavy (non-hydrogen) atoms. The third kappa shape index (κ3) is 6.41. The molecule has 4 heterocycles. The van der Waals surface area contributed by atoms with Crippen LogP contribution in [0.4, 0.5) is 28.4 Å². The molecule has 1 radical (unpaired) electrons. The first-order chi connectivity index (χ1) is 34.5. The SMILES string of the molecule is Cc1ccc(Nc2c(-c3c4c(cc5c3oc3ccccc35)N(c3cc5c(cc3C)C(C)(C)CCC5(C)C)c3cc5c(cc3[B]4)Oc3ccccc3O5)ccc3c2oc2ccccc23)c(-c2ccccc2)c1. The summed E-state index contributed by atoms with van der Waals surface area (Å²) in [5.41, 5.74) is 19.6. The van der Waals surface area contributed by atoms with E-state index in [9.17, 15) is 0 Å². The van der Waals surface area contributed by atoms with Crippen LogP contribution in [0.3, 0.4) is 0 Å². The van der Waals surface area contributed by atoms with Crippen molar-refractivity contribution in [2.45, 2.75) is 65.2 Å².